The summed E-state index contributed by atoms with van der Waals surface area (Å²) in [5.41, 5.74) is 1.24. The number of hydrogen-bond donors (Lipinski definition) is 1. The van der Waals surface area contributed by atoms with Crippen LogP contribution in [0.2, 0.25) is 0 Å². The number of benzene rings is 1. The van der Waals surface area contributed by atoms with E-state index < -0.39 is 5.97 Å². The molecule has 0 amide bonds. The van der Waals surface area contributed by atoms with E-state index in [4.69, 9.17) is 9.84 Å². The van der Waals surface area contributed by atoms with Crippen LogP contribution >= 0.6 is 11.3 Å². The first-order valence-corrected chi connectivity index (χ1v) is 7.78. The van der Waals surface area contributed by atoms with E-state index >= 15 is 0 Å². The van der Waals surface area contributed by atoms with Gasteiger partial charge in [0.05, 0.1) is 0 Å². The highest BCUT2D eigenvalue weighted by Gasteiger charge is 2.18. The van der Waals surface area contributed by atoms with Gasteiger partial charge in [-0.05, 0) is 42.7 Å². The molecule has 0 bridgehead atoms. The molecule has 1 unspecified atom stereocenters. The number of carboxylic acids is 1. The van der Waals surface area contributed by atoms with Gasteiger partial charge in [0.15, 0.2) is 0 Å². The number of rotatable bonds is 4. The van der Waals surface area contributed by atoms with Gasteiger partial charge in [0, 0.05) is 11.3 Å². The van der Waals surface area contributed by atoms with Crippen LogP contribution < -0.4 is 4.74 Å². The second-order valence-corrected chi connectivity index (χ2v) is 6.11. The Hall–Kier alpha value is -2.07. The molecule has 4 heteroatoms. The van der Waals surface area contributed by atoms with Crippen molar-refractivity contribution in [3.8, 4) is 5.75 Å². The van der Waals surface area contributed by atoms with Crippen LogP contribution in [-0.4, -0.2) is 17.2 Å². The summed E-state index contributed by atoms with van der Waals surface area (Å²) in [4.78, 5) is 12.4. The number of allylic oxidation sites excluding steroid dienone is 1. The standard InChI is InChI=1S/C17H16O3S/c18-17(19)16-11-10-15(21-16)12-6-8-14(9-7-12)20-13-4-2-1-3-5-13/h1-6,10-11,14H,7-9H2,(H,18,19). The van der Waals surface area contributed by atoms with Crippen molar-refractivity contribution in [2.75, 3.05) is 0 Å². The highest BCUT2D eigenvalue weighted by molar-refractivity contribution is 7.15. The Labute approximate surface area is 127 Å². The van der Waals surface area contributed by atoms with Gasteiger partial charge in [0.2, 0.25) is 0 Å². The second kappa shape index (κ2) is 6.14. The van der Waals surface area contributed by atoms with Crippen molar-refractivity contribution in [1.29, 1.82) is 0 Å². The minimum atomic E-state index is -0.854. The van der Waals surface area contributed by atoms with Gasteiger partial charge in [0.25, 0.3) is 0 Å². The molecule has 1 aromatic carbocycles. The molecule has 21 heavy (non-hydrogen) atoms. The summed E-state index contributed by atoms with van der Waals surface area (Å²) < 4.78 is 5.95. The van der Waals surface area contributed by atoms with Gasteiger partial charge in [-0.15, -0.1) is 11.3 Å². The maximum atomic E-state index is 10.9. The minimum absolute atomic E-state index is 0.204. The molecule has 1 aliphatic carbocycles. The first-order chi connectivity index (χ1) is 10.2. The summed E-state index contributed by atoms with van der Waals surface area (Å²) in [6.45, 7) is 0. The van der Waals surface area contributed by atoms with E-state index in [1.807, 2.05) is 36.4 Å². The molecule has 1 N–H and O–H groups in total. The van der Waals surface area contributed by atoms with Crippen molar-refractivity contribution in [3.05, 3.63) is 58.3 Å². The smallest absolute Gasteiger partial charge is 0.345 e. The average molecular weight is 300 g/mol. The molecule has 108 valence electrons. The van der Waals surface area contributed by atoms with Crippen LogP contribution in [0.25, 0.3) is 5.57 Å². The first-order valence-electron chi connectivity index (χ1n) is 6.96. The molecule has 0 aliphatic heterocycles. The summed E-state index contributed by atoms with van der Waals surface area (Å²) in [5, 5.41) is 8.97. The number of ether oxygens (including phenoxy) is 1. The monoisotopic (exact) mass is 300 g/mol. The third-order valence-corrected chi connectivity index (χ3v) is 4.69. The molecule has 1 heterocycles. The number of thiophene rings is 1. The van der Waals surface area contributed by atoms with Crippen LogP contribution in [0.3, 0.4) is 0 Å². The van der Waals surface area contributed by atoms with E-state index in [-0.39, 0.29) is 6.10 Å². The molecule has 0 fully saturated rings. The molecule has 3 nitrogen and oxygen atoms in total. The van der Waals surface area contributed by atoms with Crippen LogP contribution in [0.15, 0.2) is 48.5 Å². The third-order valence-electron chi connectivity index (χ3n) is 3.54. The number of para-hydroxylation sites is 1. The predicted molar refractivity (Wildman–Crippen MR) is 84.0 cm³/mol. The van der Waals surface area contributed by atoms with Gasteiger partial charge in [-0.2, -0.15) is 0 Å². The molecule has 1 aliphatic rings. The number of carbonyl (C=O) groups is 1. The Bertz CT molecular complexity index is 658. The lowest BCUT2D eigenvalue weighted by atomic mass is 9.96. The van der Waals surface area contributed by atoms with Crippen molar-refractivity contribution in [3.63, 3.8) is 0 Å². The summed E-state index contributed by atoms with van der Waals surface area (Å²) in [6, 6.07) is 13.4. The van der Waals surface area contributed by atoms with Gasteiger partial charge in [-0.3, -0.25) is 0 Å². The molecule has 0 saturated carbocycles. The van der Waals surface area contributed by atoms with Crippen molar-refractivity contribution in [2.24, 2.45) is 0 Å². The summed E-state index contributed by atoms with van der Waals surface area (Å²) in [7, 11) is 0. The van der Waals surface area contributed by atoms with E-state index in [1.165, 1.54) is 16.9 Å². The lowest BCUT2D eigenvalue weighted by Gasteiger charge is -2.22. The van der Waals surface area contributed by atoms with E-state index in [0.717, 1.165) is 29.9 Å². The minimum Gasteiger partial charge on any atom is -0.490 e. The Morgan fingerprint density at radius 2 is 2.00 bits per heavy atom. The molecule has 1 atom stereocenters. The quantitative estimate of drug-likeness (QED) is 0.906. The zero-order chi connectivity index (χ0) is 14.7. The zero-order valence-corrected chi connectivity index (χ0v) is 12.3. The molecule has 0 radical (unpaired) electrons. The van der Waals surface area contributed by atoms with Crippen molar-refractivity contribution in [1.82, 2.24) is 0 Å². The van der Waals surface area contributed by atoms with Crippen LogP contribution in [0.4, 0.5) is 0 Å². The maximum absolute atomic E-state index is 10.9. The van der Waals surface area contributed by atoms with Crippen molar-refractivity contribution >= 4 is 22.9 Å². The van der Waals surface area contributed by atoms with Gasteiger partial charge < -0.3 is 9.84 Å². The average Bonchev–Trinajstić information content (AvgIpc) is 2.99. The zero-order valence-electron chi connectivity index (χ0n) is 11.5. The summed E-state index contributed by atoms with van der Waals surface area (Å²) in [5.74, 6) is 0.0524. The molecular weight excluding hydrogens is 284 g/mol. The molecule has 0 saturated heterocycles. The summed E-state index contributed by atoms with van der Waals surface area (Å²) >= 11 is 1.34. The van der Waals surface area contributed by atoms with Crippen molar-refractivity contribution < 1.29 is 14.6 Å². The highest BCUT2D eigenvalue weighted by Crippen LogP contribution is 2.33. The van der Waals surface area contributed by atoms with Gasteiger partial charge >= 0.3 is 5.97 Å². The van der Waals surface area contributed by atoms with Gasteiger partial charge in [0.1, 0.15) is 16.7 Å². The molecule has 1 aromatic heterocycles. The van der Waals surface area contributed by atoms with Gasteiger partial charge in [-0.25, -0.2) is 4.79 Å². The first kappa shape index (κ1) is 13.9. The Morgan fingerprint density at radius 1 is 1.19 bits per heavy atom. The number of aromatic carboxylic acids is 1. The Balaban J connectivity index is 1.64. The maximum Gasteiger partial charge on any atom is 0.345 e. The Morgan fingerprint density at radius 3 is 2.62 bits per heavy atom. The van der Waals surface area contributed by atoms with Crippen LogP contribution in [0.5, 0.6) is 5.75 Å². The molecule has 0 spiro atoms. The van der Waals surface area contributed by atoms with Crippen LogP contribution in [0.1, 0.15) is 33.8 Å². The molecule has 3 rings (SSSR count). The topological polar surface area (TPSA) is 46.5 Å². The second-order valence-electron chi connectivity index (χ2n) is 5.03. The number of hydrogen-bond acceptors (Lipinski definition) is 3. The molecule has 2 aromatic rings. The summed E-state index contributed by atoms with van der Waals surface area (Å²) in [6.07, 6.45) is 5.13. The fourth-order valence-corrected chi connectivity index (χ4v) is 3.37. The number of carboxylic acid groups (broad SMARTS) is 1. The van der Waals surface area contributed by atoms with E-state index in [9.17, 15) is 4.79 Å². The van der Waals surface area contributed by atoms with Gasteiger partial charge in [-0.1, -0.05) is 24.3 Å². The van der Waals surface area contributed by atoms with E-state index in [2.05, 4.69) is 6.08 Å². The van der Waals surface area contributed by atoms with Crippen molar-refractivity contribution in [2.45, 2.75) is 25.4 Å². The Kier molecular flexibility index (Phi) is 4.06. The lowest BCUT2D eigenvalue weighted by molar-refractivity contribution is 0.0702. The normalized spacial score (nSPS) is 18.1. The largest absolute Gasteiger partial charge is 0.490 e. The lowest BCUT2D eigenvalue weighted by Crippen LogP contribution is -2.18. The third kappa shape index (κ3) is 3.34. The van der Waals surface area contributed by atoms with E-state index in [0.29, 0.717) is 4.88 Å². The van der Waals surface area contributed by atoms with Crippen LogP contribution in [-0.2, 0) is 0 Å². The fraction of sp³-hybridized carbons (Fsp3) is 0.235. The van der Waals surface area contributed by atoms with E-state index in [1.54, 1.807) is 6.07 Å². The SMILES string of the molecule is O=C(O)c1ccc(C2=CCC(Oc3ccccc3)CC2)s1. The van der Waals surface area contributed by atoms with Crippen LogP contribution in [0, 0.1) is 0 Å². The predicted octanol–water partition coefficient (Wildman–Crippen LogP) is 4.46. The highest BCUT2D eigenvalue weighted by atomic mass is 32.1. The fourth-order valence-electron chi connectivity index (χ4n) is 2.46. The molecular formula is C17H16O3S.